The van der Waals surface area contributed by atoms with E-state index in [-0.39, 0.29) is 12.5 Å². The Morgan fingerprint density at radius 1 is 1.42 bits per heavy atom. The lowest BCUT2D eigenvalue weighted by Crippen LogP contribution is -2.37. The third-order valence-electron chi connectivity index (χ3n) is 2.13. The minimum absolute atomic E-state index is 0.0556. The van der Waals surface area contributed by atoms with Crippen molar-refractivity contribution >= 4 is 5.97 Å². The molecule has 1 fully saturated rings. The molecule has 0 spiro atoms. The van der Waals surface area contributed by atoms with Crippen LogP contribution < -0.4 is 5.32 Å². The number of rotatable bonds is 2. The molecule has 12 heavy (non-hydrogen) atoms. The molecule has 0 aromatic rings. The van der Waals surface area contributed by atoms with E-state index < -0.39 is 12.2 Å². The molecule has 0 saturated carbocycles. The Bertz CT molecular complexity index is 160. The highest BCUT2D eigenvalue weighted by Gasteiger charge is 2.18. The van der Waals surface area contributed by atoms with Crippen molar-refractivity contribution in [2.24, 2.45) is 0 Å². The highest BCUT2D eigenvalue weighted by molar-refractivity contribution is 5.67. The van der Waals surface area contributed by atoms with Crippen molar-refractivity contribution in [2.75, 3.05) is 0 Å². The Labute approximate surface area is 71.6 Å². The van der Waals surface area contributed by atoms with Crippen molar-refractivity contribution in [3.8, 4) is 0 Å². The average molecular weight is 173 g/mol. The van der Waals surface area contributed by atoms with Gasteiger partial charge in [-0.25, -0.2) is 0 Å². The van der Waals surface area contributed by atoms with Crippen LogP contribution in [-0.2, 0) is 4.79 Å². The molecule has 1 saturated heterocycles. The average Bonchev–Trinajstić information content (AvgIpc) is 2.12. The zero-order valence-corrected chi connectivity index (χ0v) is 6.99. The zero-order chi connectivity index (χ0) is 8.97. The first-order chi connectivity index (χ1) is 5.68. The summed E-state index contributed by atoms with van der Waals surface area (Å²) in [5, 5.41) is 20.7. The van der Waals surface area contributed by atoms with Crippen LogP contribution in [0, 0.1) is 0 Å². The van der Waals surface area contributed by atoms with Crippen molar-refractivity contribution in [1.29, 1.82) is 0 Å². The van der Waals surface area contributed by atoms with Crippen LogP contribution in [-0.4, -0.2) is 28.5 Å². The van der Waals surface area contributed by atoms with Crippen molar-refractivity contribution in [2.45, 2.75) is 44.4 Å². The van der Waals surface area contributed by atoms with Crippen molar-refractivity contribution in [3.05, 3.63) is 0 Å². The standard InChI is InChI=1S/C8H15NO3/c10-7-4-2-1-3-6(9-7)5-8(11)12/h6-7,9-10H,1-5H2,(H,11,12). The van der Waals surface area contributed by atoms with Crippen molar-refractivity contribution in [3.63, 3.8) is 0 Å². The Balaban J connectivity index is 2.35. The highest BCUT2D eigenvalue weighted by Crippen LogP contribution is 2.13. The van der Waals surface area contributed by atoms with E-state index in [1.54, 1.807) is 0 Å². The van der Waals surface area contributed by atoms with Crippen LogP contribution in [0.5, 0.6) is 0 Å². The van der Waals surface area contributed by atoms with Gasteiger partial charge in [0.1, 0.15) is 6.23 Å². The van der Waals surface area contributed by atoms with Gasteiger partial charge in [-0.2, -0.15) is 0 Å². The van der Waals surface area contributed by atoms with E-state index in [9.17, 15) is 9.90 Å². The van der Waals surface area contributed by atoms with Gasteiger partial charge in [0, 0.05) is 6.04 Å². The smallest absolute Gasteiger partial charge is 0.304 e. The third kappa shape index (κ3) is 3.19. The molecule has 1 aliphatic heterocycles. The van der Waals surface area contributed by atoms with Gasteiger partial charge in [-0.15, -0.1) is 0 Å². The van der Waals surface area contributed by atoms with Crippen LogP contribution in [0.3, 0.4) is 0 Å². The van der Waals surface area contributed by atoms with Crippen molar-refractivity contribution < 1.29 is 15.0 Å². The second-order valence-electron chi connectivity index (χ2n) is 3.26. The van der Waals surface area contributed by atoms with Crippen LogP contribution in [0.15, 0.2) is 0 Å². The zero-order valence-electron chi connectivity index (χ0n) is 6.99. The molecule has 2 unspecified atom stereocenters. The monoisotopic (exact) mass is 173 g/mol. The number of aliphatic hydroxyl groups is 1. The number of aliphatic carboxylic acids is 1. The normalized spacial score (nSPS) is 31.1. The summed E-state index contributed by atoms with van der Waals surface area (Å²) in [6.07, 6.45) is 3.15. The topological polar surface area (TPSA) is 69.6 Å². The van der Waals surface area contributed by atoms with Gasteiger partial charge in [0.2, 0.25) is 0 Å². The molecule has 4 heteroatoms. The largest absolute Gasteiger partial charge is 0.481 e. The molecule has 1 aliphatic rings. The van der Waals surface area contributed by atoms with E-state index in [1.165, 1.54) is 0 Å². The van der Waals surface area contributed by atoms with Gasteiger partial charge in [0.25, 0.3) is 0 Å². The van der Waals surface area contributed by atoms with Crippen LogP contribution >= 0.6 is 0 Å². The summed E-state index contributed by atoms with van der Waals surface area (Å²) in [6, 6.07) is -0.0556. The maximum absolute atomic E-state index is 10.4. The molecular formula is C8H15NO3. The van der Waals surface area contributed by atoms with Crippen LogP contribution in [0.25, 0.3) is 0 Å². The van der Waals surface area contributed by atoms with Crippen LogP contribution in [0.1, 0.15) is 32.1 Å². The predicted molar refractivity (Wildman–Crippen MR) is 43.7 cm³/mol. The highest BCUT2D eigenvalue weighted by atomic mass is 16.4. The molecule has 0 bridgehead atoms. The van der Waals surface area contributed by atoms with E-state index in [0.717, 1.165) is 25.7 Å². The molecule has 0 radical (unpaired) electrons. The Morgan fingerprint density at radius 2 is 2.08 bits per heavy atom. The van der Waals surface area contributed by atoms with Gasteiger partial charge < -0.3 is 10.2 Å². The van der Waals surface area contributed by atoms with Gasteiger partial charge in [-0.05, 0) is 19.3 Å². The van der Waals surface area contributed by atoms with Crippen molar-refractivity contribution in [1.82, 2.24) is 5.32 Å². The molecule has 1 rings (SSSR count). The number of nitrogens with one attached hydrogen (secondary N) is 1. The first-order valence-electron chi connectivity index (χ1n) is 4.34. The first-order valence-corrected chi connectivity index (χ1v) is 4.34. The lowest BCUT2D eigenvalue weighted by Gasteiger charge is -2.16. The lowest BCUT2D eigenvalue weighted by atomic mass is 10.1. The van der Waals surface area contributed by atoms with E-state index in [1.807, 2.05) is 0 Å². The van der Waals surface area contributed by atoms with E-state index in [4.69, 9.17) is 5.11 Å². The Kier molecular flexibility index (Phi) is 3.49. The van der Waals surface area contributed by atoms with E-state index in [0.29, 0.717) is 0 Å². The molecule has 2 atom stereocenters. The fraction of sp³-hybridized carbons (Fsp3) is 0.875. The lowest BCUT2D eigenvalue weighted by molar-refractivity contribution is -0.137. The number of hydrogen-bond donors (Lipinski definition) is 3. The summed E-state index contributed by atoms with van der Waals surface area (Å²) in [4.78, 5) is 10.4. The van der Waals surface area contributed by atoms with Crippen LogP contribution in [0.4, 0.5) is 0 Å². The summed E-state index contributed by atoms with van der Waals surface area (Å²) in [7, 11) is 0. The Morgan fingerprint density at radius 3 is 2.75 bits per heavy atom. The maximum Gasteiger partial charge on any atom is 0.304 e. The van der Waals surface area contributed by atoms with Gasteiger partial charge in [-0.3, -0.25) is 10.1 Å². The molecule has 3 N–H and O–H groups in total. The minimum Gasteiger partial charge on any atom is -0.481 e. The third-order valence-corrected chi connectivity index (χ3v) is 2.13. The molecule has 70 valence electrons. The molecule has 4 nitrogen and oxygen atoms in total. The van der Waals surface area contributed by atoms with Crippen LogP contribution in [0.2, 0.25) is 0 Å². The summed E-state index contributed by atoms with van der Waals surface area (Å²) < 4.78 is 0. The number of carbonyl (C=O) groups is 1. The first kappa shape index (κ1) is 9.48. The summed E-state index contributed by atoms with van der Waals surface area (Å²) >= 11 is 0. The number of hydrogen-bond acceptors (Lipinski definition) is 3. The van der Waals surface area contributed by atoms with Gasteiger partial charge >= 0.3 is 5.97 Å². The van der Waals surface area contributed by atoms with Gasteiger partial charge in [0.15, 0.2) is 0 Å². The molecular weight excluding hydrogens is 158 g/mol. The quantitative estimate of drug-likeness (QED) is 0.562. The fourth-order valence-electron chi connectivity index (χ4n) is 1.54. The van der Waals surface area contributed by atoms with E-state index >= 15 is 0 Å². The predicted octanol–water partition coefficient (Wildman–Crippen LogP) is 0.312. The fourth-order valence-corrected chi connectivity index (χ4v) is 1.54. The Hall–Kier alpha value is -0.610. The number of carboxylic acids is 1. The molecule has 0 aliphatic carbocycles. The summed E-state index contributed by atoms with van der Waals surface area (Å²) in [6.45, 7) is 0. The molecule has 0 aromatic heterocycles. The molecule has 1 heterocycles. The maximum atomic E-state index is 10.4. The second-order valence-corrected chi connectivity index (χ2v) is 3.26. The SMILES string of the molecule is O=C(O)CC1CCCCC(O)N1. The number of carboxylic acid groups (broad SMARTS) is 1. The minimum atomic E-state index is -0.804. The van der Waals surface area contributed by atoms with E-state index in [2.05, 4.69) is 5.32 Å². The summed E-state index contributed by atoms with van der Waals surface area (Å²) in [5.41, 5.74) is 0. The van der Waals surface area contributed by atoms with Gasteiger partial charge in [-0.1, -0.05) is 6.42 Å². The number of aliphatic hydroxyl groups excluding tert-OH is 1. The molecule has 0 aromatic carbocycles. The van der Waals surface area contributed by atoms with Gasteiger partial charge in [0.05, 0.1) is 6.42 Å². The summed E-state index contributed by atoms with van der Waals surface area (Å²) in [5.74, 6) is -0.804. The molecule has 0 amide bonds. The second kappa shape index (κ2) is 4.42.